The van der Waals surface area contributed by atoms with Crippen LogP contribution in [-0.4, -0.2) is 33.4 Å². The number of nitrogens with zero attached hydrogens (tertiary/aromatic N) is 3. The van der Waals surface area contributed by atoms with Crippen molar-refractivity contribution in [1.82, 2.24) is 19.8 Å². The average Bonchev–Trinajstić information content (AvgIpc) is 3.44. The van der Waals surface area contributed by atoms with E-state index >= 15 is 0 Å². The van der Waals surface area contributed by atoms with Crippen LogP contribution in [0.5, 0.6) is 0 Å². The fraction of sp³-hybridized carbons (Fsp3) is 0.364. The van der Waals surface area contributed by atoms with Gasteiger partial charge in [0, 0.05) is 18.9 Å². The fourth-order valence-electron chi connectivity index (χ4n) is 3.76. The molecule has 1 unspecified atom stereocenters. The van der Waals surface area contributed by atoms with Crippen molar-refractivity contribution < 1.29 is 9.21 Å². The van der Waals surface area contributed by atoms with Crippen molar-refractivity contribution in [2.45, 2.75) is 38.8 Å². The lowest BCUT2D eigenvalue weighted by Gasteiger charge is -2.31. The van der Waals surface area contributed by atoms with E-state index in [1.54, 1.807) is 18.6 Å². The summed E-state index contributed by atoms with van der Waals surface area (Å²) in [6.07, 6.45) is 9.14. The molecule has 4 rings (SSSR count). The molecule has 1 aromatic carbocycles. The van der Waals surface area contributed by atoms with Crippen molar-refractivity contribution in [3.63, 3.8) is 0 Å². The van der Waals surface area contributed by atoms with Crippen LogP contribution in [0.15, 0.2) is 59.5 Å². The van der Waals surface area contributed by atoms with E-state index in [4.69, 9.17) is 4.42 Å². The van der Waals surface area contributed by atoms with Gasteiger partial charge in [-0.25, -0.2) is 4.98 Å². The molecule has 1 saturated heterocycles. The lowest BCUT2D eigenvalue weighted by molar-refractivity contribution is 0.0914. The zero-order valence-corrected chi connectivity index (χ0v) is 16.2. The molecule has 0 spiro atoms. The topological polar surface area (TPSA) is 63.3 Å². The normalized spacial score (nSPS) is 16.0. The Hall–Kier alpha value is -2.86. The van der Waals surface area contributed by atoms with Gasteiger partial charge < -0.3 is 14.3 Å². The Morgan fingerprint density at radius 1 is 1.18 bits per heavy atom. The number of hydrogen-bond donors (Lipinski definition) is 1. The molecule has 0 saturated carbocycles. The van der Waals surface area contributed by atoms with E-state index in [0.717, 1.165) is 30.1 Å². The van der Waals surface area contributed by atoms with E-state index in [1.165, 1.54) is 19.3 Å². The minimum Gasteiger partial charge on any atom is -0.454 e. The second kappa shape index (κ2) is 8.44. The molecule has 1 N–H and O–H groups in total. The van der Waals surface area contributed by atoms with Crippen LogP contribution in [0, 0.1) is 0 Å². The number of carbonyl (C=O) groups is 1. The molecule has 6 heteroatoms. The largest absolute Gasteiger partial charge is 0.454 e. The lowest BCUT2D eigenvalue weighted by atomic mass is 10.1. The maximum atomic E-state index is 12.6. The van der Waals surface area contributed by atoms with Gasteiger partial charge in [-0.15, -0.1) is 0 Å². The van der Waals surface area contributed by atoms with E-state index in [2.05, 4.69) is 22.1 Å². The van der Waals surface area contributed by atoms with E-state index in [0.29, 0.717) is 12.3 Å². The highest BCUT2D eigenvalue weighted by Crippen LogP contribution is 2.25. The van der Waals surface area contributed by atoms with E-state index in [-0.39, 0.29) is 11.9 Å². The first-order valence-electron chi connectivity index (χ1n) is 9.90. The summed E-state index contributed by atoms with van der Waals surface area (Å²) in [5.74, 6) is 1.02. The molecule has 0 aliphatic carbocycles. The first-order valence-corrected chi connectivity index (χ1v) is 9.90. The number of amides is 1. The Morgan fingerprint density at radius 2 is 2.00 bits per heavy atom. The first-order chi connectivity index (χ1) is 13.7. The molecule has 2 aromatic heterocycles. The third-order valence-corrected chi connectivity index (χ3v) is 5.41. The van der Waals surface area contributed by atoms with Crippen molar-refractivity contribution in [1.29, 1.82) is 0 Å². The summed E-state index contributed by atoms with van der Waals surface area (Å²) in [6.45, 7) is 4.75. The monoisotopic (exact) mass is 378 g/mol. The second-order valence-electron chi connectivity index (χ2n) is 7.26. The van der Waals surface area contributed by atoms with Gasteiger partial charge in [0.2, 0.25) is 0 Å². The number of likely N-dealkylation sites (tertiary alicyclic amines) is 1. The van der Waals surface area contributed by atoms with Crippen LogP contribution in [0.2, 0.25) is 0 Å². The second-order valence-corrected chi connectivity index (χ2v) is 7.26. The Labute approximate surface area is 165 Å². The minimum absolute atomic E-state index is 0.197. The van der Waals surface area contributed by atoms with Crippen molar-refractivity contribution in [3.8, 4) is 5.69 Å². The number of carbonyl (C=O) groups excluding carboxylic acids is 1. The van der Waals surface area contributed by atoms with Gasteiger partial charge in [-0.05, 0) is 56.6 Å². The number of piperidine rings is 1. The van der Waals surface area contributed by atoms with Crippen LogP contribution in [0.4, 0.5) is 0 Å². The average molecular weight is 378 g/mol. The number of furan rings is 1. The smallest absolute Gasteiger partial charge is 0.287 e. The maximum Gasteiger partial charge on any atom is 0.287 e. The number of nitrogens with one attached hydrogen (secondary N) is 1. The summed E-state index contributed by atoms with van der Waals surface area (Å²) in [5, 5.41) is 2.97. The van der Waals surface area contributed by atoms with E-state index in [9.17, 15) is 4.79 Å². The van der Waals surface area contributed by atoms with Crippen LogP contribution in [0.3, 0.4) is 0 Å². The molecular weight excluding hydrogens is 352 g/mol. The van der Waals surface area contributed by atoms with Crippen LogP contribution in [0.1, 0.15) is 54.1 Å². The number of rotatable bonds is 6. The van der Waals surface area contributed by atoms with Crippen LogP contribution in [0.25, 0.3) is 5.69 Å². The summed E-state index contributed by atoms with van der Waals surface area (Å²) >= 11 is 0. The van der Waals surface area contributed by atoms with Crippen molar-refractivity contribution in [2.75, 3.05) is 13.1 Å². The molecule has 1 amide bonds. The highest BCUT2D eigenvalue weighted by molar-refractivity contribution is 5.91. The number of benzene rings is 1. The molecule has 1 fully saturated rings. The van der Waals surface area contributed by atoms with Gasteiger partial charge in [0.1, 0.15) is 5.76 Å². The zero-order chi connectivity index (χ0) is 19.3. The summed E-state index contributed by atoms with van der Waals surface area (Å²) in [7, 11) is 0. The zero-order valence-electron chi connectivity index (χ0n) is 16.2. The Bertz CT molecular complexity index is 910. The van der Waals surface area contributed by atoms with Gasteiger partial charge in [-0.3, -0.25) is 9.69 Å². The summed E-state index contributed by atoms with van der Waals surface area (Å²) in [4.78, 5) is 19.1. The standard InChI is InChI=1S/C22H26N4O2/c1-17(25-12-5-2-6-13-25)20-9-10-21(28-20)22(27)24-15-18-7-3-4-8-19(18)26-14-11-23-16-26/h3-4,7-11,14,16-17H,2,5-6,12-13,15H2,1H3,(H,24,27). The third-order valence-electron chi connectivity index (χ3n) is 5.41. The van der Waals surface area contributed by atoms with Gasteiger partial charge >= 0.3 is 0 Å². The quantitative estimate of drug-likeness (QED) is 0.706. The van der Waals surface area contributed by atoms with Gasteiger partial charge in [-0.2, -0.15) is 0 Å². The van der Waals surface area contributed by atoms with E-state index < -0.39 is 0 Å². The predicted octanol–water partition coefficient (Wildman–Crippen LogP) is 3.94. The van der Waals surface area contributed by atoms with Crippen LogP contribution in [-0.2, 0) is 6.54 Å². The molecule has 0 radical (unpaired) electrons. The third kappa shape index (κ3) is 4.02. The molecule has 3 heterocycles. The van der Waals surface area contributed by atoms with Gasteiger partial charge in [-0.1, -0.05) is 24.6 Å². The molecule has 0 bridgehead atoms. The minimum atomic E-state index is -0.197. The summed E-state index contributed by atoms with van der Waals surface area (Å²) in [5.41, 5.74) is 2.02. The number of hydrogen-bond acceptors (Lipinski definition) is 4. The van der Waals surface area contributed by atoms with Gasteiger partial charge in [0.05, 0.1) is 18.1 Å². The number of aromatic nitrogens is 2. The molecule has 28 heavy (non-hydrogen) atoms. The van der Waals surface area contributed by atoms with Gasteiger partial charge in [0.25, 0.3) is 5.91 Å². The van der Waals surface area contributed by atoms with Crippen molar-refractivity contribution in [3.05, 3.63) is 72.2 Å². The maximum absolute atomic E-state index is 12.6. The lowest BCUT2D eigenvalue weighted by Crippen LogP contribution is -2.32. The molecule has 3 aromatic rings. The molecule has 1 aliphatic heterocycles. The number of para-hydroxylation sites is 1. The Balaban J connectivity index is 1.41. The summed E-state index contributed by atoms with van der Waals surface area (Å²) < 4.78 is 7.82. The highest BCUT2D eigenvalue weighted by Gasteiger charge is 2.22. The number of imidazole rings is 1. The highest BCUT2D eigenvalue weighted by atomic mass is 16.4. The predicted molar refractivity (Wildman–Crippen MR) is 107 cm³/mol. The first kappa shape index (κ1) is 18.5. The van der Waals surface area contributed by atoms with E-state index in [1.807, 2.05) is 41.1 Å². The van der Waals surface area contributed by atoms with Gasteiger partial charge in [0.15, 0.2) is 5.76 Å². The Kier molecular flexibility index (Phi) is 5.58. The fourth-order valence-corrected chi connectivity index (χ4v) is 3.76. The van der Waals surface area contributed by atoms with Crippen molar-refractivity contribution >= 4 is 5.91 Å². The molecule has 146 valence electrons. The molecule has 1 aliphatic rings. The summed E-state index contributed by atoms with van der Waals surface area (Å²) in [6, 6.07) is 11.8. The van der Waals surface area contributed by atoms with Crippen LogP contribution < -0.4 is 5.32 Å². The molecule has 1 atom stereocenters. The molecular formula is C22H26N4O2. The molecule has 6 nitrogen and oxygen atoms in total. The Morgan fingerprint density at radius 3 is 2.79 bits per heavy atom. The van der Waals surface area contributed by atoms with Crippen molar-refractivity contribution in [2.24, 2.45) is 0 Å². The SMILES string of the molecule is CC(c1ccc(C(=O)NCc2ccccc2-n2ccnc2)o1)N1CCCCC1. The van der Waals surface area contributed by atoms with Crippen LogP contribution >= 0.6 is 0 Å².